The number of carbonyl (C=O) groups excluding carboxylic acids is 2. The molecule has 0 radical (unpaired) electrons. The van der Waals surface area contributed by atoms with Crippen LogP contribution in [0.2, 0.25) is 0 Å². The van der Waals surface area contributed by atoms with Crippen molar-refractivity contribution in [3.8, 4) is 11.5 Å². The van der Waals surface area contributed by atoms with E-state index >= 15 is 0 Å². The highest BCUT2D eigenvalue weighted by molar-refractivity contribution is 5.95. The Balaban J connectivity index is 1.39. The van der Waals surface area contributed by atoms with E-state index in [1.807, 2.05) is 59.5 Å². The third kappa shape index (κ3) is 8.65. The molecule has 36 heavy (non-hydrogen) atoms. The second kappa shape index (κ2) is 14.4. The Kier molecular flexibility index (Phi) is 10.6. The molecule has 0 fully saturated rings. The van der Waals surface area contributed by atoms with Gasteiger partial charge < -0.3 is 25.0 Å². The standard InChI is InChI=1S/C29H35N3O4/c1-3-18-32(19-4-2)29(34)23-10-12-24(13-11-23)30-22-28(33)31-25-14-16-27(17-15-25)36-21-20-35-26-8-6-5-7-9-26/h5-17,30H,3-4,18-22H2,1-2H3,(H,31,33). The second-order valence-electron chi connectivity index (χ2n) is 8.31. The van der Waals surface area contributed by atoms with Gasteiger partial charge >= 0.3 is 0 Å². The number of benzene rings is 3. The summed E-state index contributed by atoms with van der Waals surface area (Å²) in [6.07, 6.45) is 1.86. The molecule has 2 amide bonds. The average molecular weight is 490 g/mol. The van der Waals surface area contributed by atoms with E-state index in [1.54, 1.807) is 24.3 Å². The van der Waals surface area contributed by atoms with Crippen molar-refractivity contribution >= 4 is 23.2 Å². The van der Waals surface area contributed by atoms with Crippen LogP contribution >= 0.6 is 0 Å². The quantitative estimate of drug-likeness (QED) is 0.294. The van der Waals surface area contributed by atoms with Gasteiger partial charge in [0, 0.05) is 30.0 Å². The SMILES string of the molecule is CCCN(CCC)C(=O)c1ccc(NCC(=O)Nc2ccc(OCCOc3ccccc3)cc2)cc1. The molecule has 3 rings (SSSR count). The summed E-state index contributed by atoms with van der Waals surface area (Å²) in [6.45, 7) is 6.62. The number of para-hydroxylation sites is 1. The van der Waals surface area contributed by atoms with Crippen LogP contribution in [0.5, 0.6) is 11.5 Å². The summed E-state index contributed by atoms with van der Waals surface area (Å²) in [5.41, 5.74) is 2.11. The maximum atomic E-state index is 12.7. The van der Waals surface area contributed by atoms with E-state index in [0.29, 0.717) is 30.2 Å². The fourth-order valence-electron chi connectivity index (χ4n) is 3.63. The number of nitrogens with zero attached hydrogens (tertiary/aromatic N) is 1. The molecule has 7 nitrogen and oxygen atoms in total. The van der Waals surface area contributed by atoms with Crippen LogP contribution < -0.4 is 20.1 Å². The predicted octanol–water partition coefficient (Wildman–Crippen LogP) is 5.46. The average Bonchev–Trinajstić information content (AvgIpc) is 2.91. The van der Waals surface area contributed by atoms with Crippen molar-refractivity contribution in [2.24, 2.45) is 0 Å². The number of rotatable bonds is 14. The molecule has 2 N–H and O–H groups in total. The van der Waals surface area contributed by atoms with E-state index in [9.17, 15) is 9.59 Å². The van der Waals surface area contributed by atoms with E-state index in [1.165, 1.54) is 0 Å². The van der Waals surface area contributed by atoms with Crippen LogP contribution in [-0.4, -0.2) is 49.6 Å². The summed E-state index contributed by atoms with van der Waals surface area (Å²) in [5.74, 6) is 1.38. The zero-order valence-electron chi connectivity index (χ0n) is 21.0. The van der Waals surface area contributed by atoms with Crippen LogP contribution in [0.25, 0.3) is 0 Å². The fraction of sp³-hybridized carbons (Fsp3) is 0.310. The van der Waals surface area contributed by atoms with Gasteiger partial charge in [0.2, 0.25) is 5.91 Å². The van der Waals surface area contributed by atoms with Crippen molar-refractivity contribution < 1.29 is 19.1 Å². The molecule has 0 unspecified atom stereocenters. The van der Waals surface area contributed by atoms with Crippen molar-refractivity contribution in [1.29, 1.82) is 0 Å². The van der Waals surface area contributed by atoms with E-state index in [4.69, 9.17) is 9.47 Å². The number of amides is 2. The lowest BCUT2D eigenvalue weighted by atomic mass is 10.1. The van der Waals surface area contributed by atoms with Gasteiger partial charge in [0.05, 0.1) is 6.54 Å². The Bertz CT molecular complexity index is 1060. The number of nitrogens with one attached hydrogen (secondary N) is 2. The minimum Gasteiger partial charge on any atom is -0.490 e. The highest BCUT2D eigenvalue weighted by Gasteiger charge is 2.14. The molecule has 0 spiro atoms. The van der Waals surface area contributed by atoms with Crippen molar-refractivity contribution in [3.05, 3.63) is 84.4 Å². The smallest absolute Gasteiger partial charge is 0.253 e. The van der Waals surface area contributed by atoms with Gasteiger partial charge in [-0.3, -0.25) is 9.59 Å². The van der Waals surface area contributed by atoms with E-state index in [2.05, 4.69) is 24.5 Å². The summed E-state index contributed by atoms with van der Waals surface area (Å²) in [6, 6.07) is 24.0. The Morgan fingerprint density at radius 3 is 1.86 bits per heavy atom. The molecule has 0 saturated heterocycles. The number of carbonyl (C=O) groups is 2. The third-order valence-electron chi connectivity index (χ3n) is 5.36. The Hall–Kier alpha value is -4.00. The molecule has 0 aromatic heterocycles. The molecule has 0 aliphatic carbocycles. The van der Waals surface area contributed by atoms with Crippen LogP contribution in [0.15, 0.2) is 78.9 Å². The van der Waals surface area contributed by atoms with E-state index < -0.39 is 0 Å². The van der Waals surface area contributed by atoms with Crippen molar-refractivity contribution in [2.45, 2.75) is 26.7 Å². The molecule has 190 valence electrons. The first-order valence-electron chi connectivity index (χ1n) is 12.4. The molecular formula is C29H35N3O4. The van der Waals surface area contributed by atoms with Gasteiger partial charge in [-0.1, -0.05) is 32.0 Å². The number of hydrogen-bond donors (Lipinski definition) is 2. The topological polar surface area (TPSA) is 79.9 Å². The number of anilines is 2. The summed E-state index contributed by atoms with van der Waals surface area (Å²) < 4.78 is 11.3. The van der Waals surface area contributed by atoms with Crippen LogP contribution in [0, 0.1) is 0 Å². The first-order chi connectivity index (χ1) is 17.6. The molecule has 0 heterocycles. The van der Waals surface area contributed by atoms with E-state index in [-0.39, 0.29) is 18.4 Å². The van der Waals surface area contributed by atoms with Crippen LogP contribution in [0.3, 0.4) is 0 Å². The fourth-order valence-corrected chi connectivity index (χ4v) is 3.63. The molecule has 0 atom stereocenters. The maximum absolute atomic E-state index is 12.7. The van der Waals surface area contributed by atoms with Gasteiger partial charge in [-0.2, -0.15) is 0 Å². The molecule has 0 bridgehead atoms. The molecule has 7 heteroatoms. The molecule has 0 aliphatic heterocycles. The van der Waals surface area contributed by atoms with Crippen LogP contribution in [0.4, 0.5) is 11.4 Å². The lowest BCUT2D eigenvalue weighted by Crippen LogP contribution is -2.32. The van der Waals surface area contributed by atoms with Gasteiger partial charge in [0.15, 0.2) is 0 Å². The monoisotopic (exact) mass is 489 g/mol. The lowest BCUT2D eigenvalue weighted by Gasteiger charge is -2.21. The van der Waals surface area contributed by atoms with E-state index in [0.717, 1.165) is 37.4 Å². The zero-order chi connectivity index (χ0) is 25.6. The largest absolute Gasteiger partial charge is 0.490 e. The molecule has 3 aromatic carbocycles. The van der Waals surface area contributed by atoms with Gasteiger partial charge in [-0.25, -0.2) is 0 Å². The number of ether oxygens (including phenoxy) is 2. The predicted molar refractivity (Wildman–Crippen MR) is 144 cm³/mol. The number of hydrogen-bond acceptors (Lipinski definition) is 5. The minimum atomic E-state index is -0.169. The summed E-state index contributed by atoms with van der Waals surface area (Å²) >= 11 is 0. The van der Waals surface area contributed by atoms with Crippen LogP contribution in [0.1, 0.15) is 37.0 Å². The Labute approximate surface area is 213 Å². The normalized spacial score (nSPS) is 10.4. The van der Waals surface area contributed by atoms with Gasteiger partial charge in [0.1, 0.15) is 24.7 Å². The van der Waals surface area contributed by atoms with Gasteiger partial charge in [-0.15, -0.1) is 0 Å². The Morgan fingerprint density at radius 2 is 1.28 bits per heavy atom. The Morgan fingerprint density at radius 1 is 0.722 bits per heavy atom. The van der Waals surface area contributed by atoms with Crippen molar-refractivity contribution in [2.75, 3.05) is 43.5 Å². The zero-order valence-corrected chi connectivity index (χ0v) is 21.0. The molecule has 0 aliphatic rings. The summed E-state index contributed by atoms with van der Waals surface area (Å²) in [5, 5.41) is 5.95. The highest BCUT2D eigenvalue weighted by Crippen LogP contribution is 2.17. The minimum absolute atomic E-state index is 0.0409. The molecule has 3 aromatic rings. The highest BCUT2D eigenvalue weighted by atomic mass is 16.5. The molecular weight excluding hydrogens is 454 g/mol. The van der Waals surface area contributed by atoms with Gasteiger partial charge in [-0.05, 0) is 73.5 Å². The van der Waals surface area contributed by atoms with Crippen molar-refractivity contribution in [3.63, 3.8) is 0 Å². The third-order valence-corrected chi connectivity index (χ3v) is 5.36. The van der Waals surface area contributed by atoms with Crippen molar-refractivity contribution in [1.82, 2.24) is 4.90 Å². The first kappa shape index (κ1) is 26.6. The lowest BCUT2D eigenvalue weighted by molar-refractivity contribution is -0.114. The summed E-state index contributed by atoms with van der Waals surface area (Å²) in [4.78, 5) is 26.9. The second-order valence-corrected chi connectivity index (χ2v) is 8.31. The first-order valence-corrected chi connectivity index (χ1v) is 12.4. The summed E-state index contributed by atoms with van der Waals surface area (Å²) in [7, 11) is 0. The molecule has 0 saturated carbocycles. The maximum Gasteiger partial charge on any atom is 0.253 e. The van der Waals surface area contributed by atoms with Crippen LogP contribution in [-0.2, 0) is 4.79 Å². The van der Waals surface area contributed by atoms with Gasteiger partial charge in [0.25, 0.3) is 5.91 Å².